The van der Waals surface area contributed by atoms with Crippen molar-refractivity contribution in [2.45, 2.75) is 26.2 Å². The number of piperazine rings is 1. The summed E-state index contributed by atoms with van der Waals surface area (Å²) in [5, 5.41) is 1.88. The van der Waals surface area contributed by atoms with E-state index in [0.717, 1.165) is 67.3 Å². The molecular formula is C30H36ClN7O. The highest BCUT2D eigenvalue weighted by atomic mass is 35.5. The topological polar surface area (TPSA) is 83.5 Å². The fourth-order valence-corrected chi connectivity index (χ4v) is 6.01. The van der Waals surface area contributed by atoms with Gasteiger partial charge in [-0.2, -0.15) is 0 Å². The highest BCUT2D eigenvalue weighted by Crippen LogP contribution is 2.44. The van der Waals surface area contributed by atoms with Gasteiger partial charge in [0.1, 0.15) is 5.82 Å². The number of likely N-dealkylation sites (N-methyl/N-ethyl adjacent to an activating group) is 1. The molecule has 2 aliphatic rings. The van der Waals surface area contributed by atoms with Gasteiger partial charge in [0.05, 0.1) is 17.4 Å². The van der Waals surface area contributed by atoms with Crippen LogP contribution in [0.3, 0.4) is 0 Å². The third kappa shape index (κ3) is 5.18. The van der Waals surface area contributed by atoms with E-state index in [0.29, 0.717) is 18.1 Å². The maximum absolute atomic E-state index is 11.8. The normalized spacial score (nSPS) is 16.9. The van der Waals surface area contributed by atoms with Gasteiger partial charge < -0.3 is 25.0 Å². The molecule has 0 spiro atoms. The lowest BCUT2D eigenvalue weighted by Crippen LogP contribution is -2.44. The van der Waals surface area contributed by atoms with Crippen LogP contribution in [0.5, 0.6) is 0 Å². The summed E-state index contributed by atoms with van der Waals surface area (Å²) in [5.41, 5.74) is 11.2. The van der Waals surface area contributed by atoms with E-state index in [9.17, 15) is 4.79 Å². The van der Waals surface area contributed by atoms with E-state index in [-0.39, 0.29) is 19.4 Å². The summed E-state index contributed by atoms with van der Waals surface area (Å²) in [6.07, 6.45) is 7.44. The number of primary amides is 1. The molecule has 2 amide bonds. The van der Waals surface area contributed by atoms with Crippen molar-refractivity contribution < 1.29 is 4.79 Å². The van der Waals surface area contributed by atoms with Gasteiger partial charge in [0.25, 0.3) is 0 Å². The molecule has 0 radical (unpaired) electrons. The quantitative estimate of drug-likeness (QED) is 0.372. The van der Waals surface area contributed by atoms with Gasteiger partial charge in [-0.05, 0) is 73.8 Å². The number of likely N-dealkylation sites (tertiary alicyclic amines) is 1. The summed E-state index contributed by atoms with van der Waals surface area (Å²) in [6, 6.07) is 14.1. The van der Waals surface area contributed by atoms with Crippen molar-refractivity contribution in [3.8, 4) is 16.9 Å². The van der Waals surface area contributed by atoms with Gasteiger partial charge in [-0.25, -0.2) is 9.78 Å². The predicted molar refractivity (Wildman–Crippen MR) is 159 cm³/mol. The Kier molecular flexibility index (Phi) is 7.77. The molecule has 1 aromatic carbocycles. The Bertz CT molecular complexity index is 1450. The number of halogens is 1. The number of pyridine rings is 2. The van der Waals surface area contributed by atoms with Crippen LogP contribution in [0.2, 0.25) is 5.02 Å². The van der Waals surface area contributed by atoms with E-state index >= 15 is 0 Å². The average molecular weight is 546 g/mol. The van der Waals surface area contributed by atoms with Gasteiger partial charge >= 0.3 is 6.03 Å². The summed E-state index contributed by atoms with van der Waals surface area (Å²) in [5.74, 6) is 1.27. The van der Waals surface area contributed by atoms with Crippen LogP contribution in [0.15, 0.2) is 61.1 Å². The molecule has 0 atom stereocenters. The number of urea groups is 1. The summed E-state index contributed by atoms with van der Waals surface area (Å²) in [7, 11) is 2.16. The van der Waals surface area contributed by atoms with Gasteiger partial charge in [-0.1, -0.05) is 19.0 Å². The first-order valence-corrected chi connectivity index (χ1v) is 13.6. The summed E-state index contributed by atoms with van der Waals surface area (Å²) in [6.45, 7) is 5.26. The van der Waals surface area contributed by atoms with Crippen LogP contribution < -0.4 is 10.6 Å². The number of anilines is 1. The number of benzene rings is 1. The number of carbonyl (C=O) groups is 1. The molecule has 4 aromatic rings. The van der Waals surface area contributed by atoms with Crippen LogP contribution in [0.1, 0.15) is 31.7 Å². The second-order valence-electron chi connectivity index (χ2n) is 10.3. The largest absolute Gasteiger partial charge is 0.354 e. The molecule has 2 saturated heterocycles. The number of nitrogens with two attached hydrogens (primary N) is 1. The van der Waals surface area contributed by atoms with Gasteiger partial charge in [-0.15, -0.1) is 0 Å². The first-order chi connectivity index (χ1) is 18.5. The second kappa shape index (κ2) is 11.2. The van der Waals surface area contributed by atoms with Gasteiger partial charge in [0, 0.05) is 73.3 Å². The molecule has 2 N–H and O–H groups in total. The molecule has 0 saturated carbocycles. The van der Waals surface area contributed by atoms with Crippen LogP contribution >= 0.6 is 11.6 Å². The molecule has 9 heteroatoms. The van der Waals surface area contributed by atoms with E-state index < -0.39 is 0 Å². The summed E-state index contributed by atoms with van der Waals surface area (Å²) < 4.78 is 2.30. The zero-order valence-electron chi connectivity index (χ0n) is 21.6. The molecule has 8 nitrogen and oxygen atoms in total. The highest BCUT2D eigenvalue weighted by molar-refractivity contribution is 6.30. The van der Waals surface area contributed by atoms with Crippen molar-refractivity contribution in [2.24, 2.45) is 5.73 Å². The second-order valence-corrected chi connectivity index (χ2v) is 10.7. The third-order valence-corrected chi connectivity index (χ3v) is 8.21. The third-order valence-electron chi connectivity index (χ3n) is 7.96. The minimum Gasteiger partial charge on any atom is -0.354 e. The number of carbonyl (C=O) groups excluding carboxylic acids is 1. The number of rotatable bonds is 4. The van der Waals surface area contributed by atoms with Crippen LogP contribution in [-0.2, 0) is 0 Å². The number of piperidine rings is 1. The molecular weight excluding hydrogens is 510 g/mol. The Balaban J connectivity index is 0.00000308. The molecule has 2 aliphatic heterocycles. The lowest BCUT2D eigenvalue weighted by molar-refractivity contribution is 0.191. The lowest BCUT2D eigenvalue weighted by atomic mass is 9.86. The van der Waals surface area contributed by atoms with Gasteiger partial charge in [-0.3, -0.25) is 4.98 Å². The number of nitrogens with zero attached hydrogens (tertiary/aromatic N) is 6. The van der Waals surface area contributed by atoms with E-state index in [1.54, 1.807) is 4.90 Å². The first-order valence-electron chi connectivity index (χ1n) is 13.2. The fourth-order valence-electron chi connectivity index (χ4n) is 5.88. The van der Waals surface area contributed by atoms with Crippen molar-refractivity contribution in [3.05, 3.63) is 71.6 Å². The van der Waals surface area contributed by atoms with Crippen molar-refractivity contribution >= 4 is 34.4 Å². The molecule has 3 aromatic heterocycles. The molecule has 5 heterocycles. The smallest absolute Gasteiger partial charge is 0.314 e. The van der Waals surface area contributed by atoms with Crippen LogP contribution in [0.25, 0.3) is 27.8 Å². The Hall–Kier alpha value is -3.62. The SMILES string of the molecule is C.CN1CCN(c2cc(-c3c(C4CCN(C(N)=O)CC4)c4ccncc4n3-c3ccc(Cl)cc3)ccn2)CC1. The van der Waals surface area contributed by atoms with Crippen LogP contribution in [0.4, 0.5) is 10.6 Å². The van der Waals surface area contributed by atoms with Crippen molar-refractivity contribution in [3.63, 3.8) is 0 Å². The summed E-state index contributed by atoms with van der Waals surface area (Å²) in [4.78, 5) is 27.6. The zero-order valence-corrected chi connectivity index (χ0v) is 22.3. The molecule has 0 unspecified atom stereocenters. The predicted octanol–water partition coefficient (Wildman–Crippen LogP) is 5.39. The molecule has 39 heavy (non-hydrogen) atoms. The zero-order chi connectivity index (χ0) is 26.2. The Labute approximate surface area is 235 Å². The number of hydrogen-bond donors (Lipinski definition) is 1. The number of fused-ring (bicyclic) bond motifs is 1. The maximum atomic E-state index is 11.8. The molecule has 0 bridgehead atoms. The van der Waals surface area contributed by atoms with E-state index in [1.165, 1.54) is 10.9 Å². The molecule has 204 valence electrons. The first kappa shape index (κ1) is 27.0. The van der Waals surface area contributed by atoms with Crippen LogP contribution in [0, 0.1) is 0 Å². The van der Waals surface area contributed by atoms with Gasteiger partial charge in [0.2, 0.25) is 0 Å². The lowest BCUT2D eigenvalue weighted by Gasteiger charge is -2.33. The number of hydrogen-bond acceptors (Lipinski definition) is 5. The van der Waals surface area contributed by atoms with E-state index in [2.05, 4.69) is 56.7 Å². The van der Waals surface area contributed by atoms with Gasteiger partial charge in [0.15, 0.2) is 0 Å². The Morgan fingerprint density at radius 3 is 2.38 bits per heavy atom. The molecule has 0 aliphatic carbocycles. The van der Waals surface area contributed by atoms with Crippen molar-refractivity contribution in [2.75, 3.05) is 51.2 Å². The molecule has 2 fully saturated rings. The Morgan fingerprint density at radius 1 is 0.974 bits per heavy atom. The average Bonchev–Trinajstić information content (AvgIpc) is 3.29. The fraction of sp³-hybridized carbons (Fsp3) is 0.367. The summed E-state index contributed by atoms with van der Waals surface area (Å²) >= 11 is 6.28. The highest BCUT2D eigenvalue weighted by Gasteiger charge is 2.30. The number of aromatic nitrogens is 3. The minimum atomic E-state index is -0.345. The van der Waals surface area contributed by atoms with Crippen molar-refractivity contribution in [1.29, 1.82) is 0 Å². The van der Waals surface area contributed by atoms with Crippen LogP contribution in [-0.4, -0.2) is 76.7 Å². The monoisotopic (exact) mass is 545 g/mol. The number of amides is 2. The molecule has 6 rings (SSSR count). The maximum Gasteiger partial charge on any atom is 0.314 e. The standard InChI is InChI=1S/C29H32ClN7O.CH4/c1-34-14-16-35(17-15-34)26-18-21(6-11-33-26)28-27(20-8-12-36(13-9-20)29(31)38)24-7-10-32-19-25(24)37(28)23-4-2-22(30)3-5-23;/h2-7,10-11,18-20H,8-9,12-17H2,1H3,(H2,31,38);1H4. The Morgan fingerprint density at radius 2 is 1.69 bits per heavy atom. The van der Waals surface area contributed by atoms with E-state index in [1.807, 2.05) is 30.7 Å². The minimum absolute atomic E-state index is 0. The van der Waals surface area contributed by atoms with Crippen molar-refractivity contribution in [1.82, 2.24) is 24.3 Å². The van der Waals surface area contributed by atoms with E-state index in [4.69, 9.17) is 22.3 Å².